The van der Waals surface area contributed by atoms with Gasteiger partial charge in [0, 0.05) is 32.3 Å². The summed E-state index contributed by atoms with van der Waals surface area (Å²) in [6.07, 6.45) is 5.87. The quantitative estimate of drug-likeness (QED) is 0.870. The Bertz CT molecular complexity index is 346. The van der Waals surface area contributed by atoms with Crippen molar-refractivity contribution >= 4 is 6.09 Å². The molecule has 2 rings (SSSR count). The molecule has 2 aliphatic rings. The number of carbonyl (C=O) groups is 1. The summed E-state index contributed by atoms with van der Waals surface area (Å²) < 4.78 is 10.8. The molecule has 1 unspecified atom stereocenters. The molecule has 1 saturated heterocycles. The van der Waals surface area contributed by atoms with Crippen molar-refractivity contribution in [2.75, 3.05) is 20.2 Å². The summed E-state index contributed by atoms with van der Waals surface area (Å²) in [6.45, 7) is 7.28. The number of nitrogens with zero attached hydrogens (tertiary/aromatic N) is 1. The Morgan fingerprint density at radius 2 is 1.76 bits per heavy atom. The minimum absolute atomic E-state index is 0.185. The molecule has 0 aromatic heterocycles. The normalized spacial score (nSPS) is 30.5. The van der Waals surface area contributed by atoms with Gasteiger partial charge in [0.25, 0.3) is 0 Å². The van der Waals surface area contributed by atoms with Gasteiger partial charge >= 0.3 is 6.09 Å². The third-order valence-corrected chi connectivity index (χ3v) is 4.32. The van der Waals surface area contributed by atoms with Crippen molar-refractivity contribution in [3.05, 3.63) is 0 Å². The number of nitrogens with one attached hydrogen (secondary N) is 1. The zero-order chi connectivity index (χ0) is 15.5. The zero-order valence-corrected chi connectivity index (χ0v) is 13.9. The molecule has 1 saturated carbocycles. The van der Waals surface area contributed by atoms with Gasteiger partial charge < -0.3 is 19.7 Å². The summed E-state index contributed by atoms with van der Waals surface area (Å²) in [7, 11) is 1.80. The smallest absolute Gasteiger partial charge is 0.410 e. The van der Waals surface area contributed by atoms with Crippen LogP contribution in [0.1, 0.15) is 52.9 Å². The minimum atomic E-state index is -0.416. The summed E-state index contributed by atoms with van der Waals surface area (Å²) in [4.78, 5) is 13.9. The fraction of sp³-hybridized carbons (Fsp3) is 0.938. The van der Waals surface area contributed by atoms with E-state index in [0.717, 1.165) is 32.4 Å². The first-order valence-corrected chi connectivity index (χ1v) is 8.14. The molecule has 1 amide bonds. The van der Waals surface area contributed by atoms with Crippen LogP contribution in [0.15, 0.2) is 0 Å². The number of likely N-dealkylation sites (tertiary alicyclic amines) is 1. The first kappa shape index (κ1) is 16.6. The molecular weight excluding hydrogens is 268 g/mol. The van der Waals surface area contributed by atoms with Crippen molar-refractivity contribution in [2.24, 2.45) is 0 Å². The van der Waals surface area contributed by atoms with Gasteiger partial charge in [-0.25, -0.2) is 4.79 Å². The van der Waals surface area contributed by atoms with Crippen molar-refractivity contribution < 1.29 is 14.3 Å². The van der Waals surface area contributed by atoms with Gasteiger partial charge in [-0.15, -0.1) is 0 Å². The molecular formula is C16H30N2O3. The fourth-order valence-corrected chi connectivity index (χ4v) is 3.19. The molecule has 5 heteroatoms. The van der Waals surface area contributed by atoms with E-state index in [0.29, 0.717) is 18.2 Å². The highest BCUT2D eigenvalue weighted by Gasteiger charge is 2.31. The van der Waals surface area contributed by atoms with Crippen LogP contribution in [-0.2, 0) is 9.47 Å². The van der Waals surface area contributed by atoms with Crippen LogP contribution in [0, 0.1) is 0 Å². The molecule has 1 aliphatic carbocycles. The predicted molar refractivity (Wildman–Crippen MR) is 82.4 cm³/mol. The van der Waals surface area contributed by atoms with Gasteiger partial charge in [-0.2, -0.15) is 0 Å². The average molecular weight is 298 g/mol. The van der Waals surface area contributed by atoms with E-state index in [1.807, 2.05) is 25.7 Å². The van der Waals surface area contributed by atoms with Crippen molar-refractivity contribution in [3.63, 3.8) is 0 Å². The molecule has 21 heavy (non-hydrogen) atoms. The van der Waals surface area contributed by atoms with Crippen LogP contribution in [0.2, 0.25) is 0 Å². The number of amides is 1. The standard InChI is InChI=1S/C16H30N2O3/c1-16(2,3)21-15(19)18-10-9-13(11-18)17-12-5-7-14(20-4)8-6-12/h12-14,17H,5-11H2,1-4H3. The third-order valence-electron chi connectivity index (χ3n) is 4.32. The molecule has 122 valence electrons. The lowest BCUT2D eigenvalue weighted by Gasteiger charge is -2.30. The molecule has 1 heterocycles. The summed E-state index contributed by atoms with van der Waals surface area (Å²) in [5, 5.41) is 3.71. The monoisotopic (exact) mass is 298 g/mol. The van der Waals surface area contributed by atoms with Gasteiger partial charge in [-0.3, -0.25) is 0 Å². The second kappa shape index (κ2) is 6.97. The molecule has 2 fully saturated rings. The molecule has 0 spiro atoms. The van der Waals surface area contributed by atoms with Gasteiger partial charge in [-0.05, 0) is 52.9 Å². The Kier molecular flexibility index (Phi) is 5.49. The van der Waals surface area contributed by atoms with Gasteiger partial charge in [0.2, 0.25) is 0 Å². The largest absolute Gasteiger partial charge is 0.444 e. The minimum Gasteiger partial charge on any atom is -0.444 e. The Morgan fingerprint density at radius 1 is 1.10 bits per heavy atom. The molecule has 0 aromatic carbocycles. The first-order chi connectivity index (χ1) is 9.87. The lowest BCUT2D eigenvalue weighted by molar-refractivity contribution is 0.0288. The number of carbonyl (C=O) groups excluding carboxylic acids is 1. The van der Waals surface area contributed by atoms with Gasteiger partial charge in [0.15, 0.2) is 0 Å². The highest BCUT2D eigenvalue weighted by atomic mass is 16.6. The maximum Gasteiger partial charge on any atom is 0.410 e. The second-order valence-electron chi connectivity index (χ2n) is 7.29. The number of rotatable bonds is 3. The van der Waals surface area contributed by atoms with Crippen LogP contribution in [0.3, 0.4) is 0 Å². The Labute approximate surface area is 128 Å². The van der Waals surface area contributed by atoms with Crippen LogP contribution in [0.4, 0.5) is 4.79 Å². The first-order valence-electron chi connectivity index (χ1n) is 8.14. The lowest BCUT2D eigenvalue weighted by atomic mass is 9.92. The van der Waals surface area contributed by atoms with Crippen molar-refractivity contribution in [2.45, 2.75) is 76.7 Å². The molecule has 1 atom stereocenters. The van der Waals surface area contributed by atoms with E-state index in [1.54, 1.807) is 7.11 Å². The van der Waals surface area contributed by atoms with E-state index in [9.17, 15) is 4.79 Å². The predicted octanol–water partition coefficient (Wildman–Crippen LogP) is 2.54. The third kappa shape index (κ3) is 5.15. The summed E-state index contributed by atoms with van der Waals surface area (Å²) in [5.41, 5.74) is -0.416. The highest BCUT2D eigenvalue weighted by Crippen LogP contribution is 2.22. The molecule has 0 radical (unpaired) electrons. The Balaban J connectivity index is 1.72. The van der Waals surface area contributed by atoms with E-state index in [2.05, 4.69) is 5.32 Å². The Morgan fingerprint density at radius 3 is 2.33 bits per heavy atom. The summed E-state index contributed by atoms with van der Waals surface area (Å²) >= 11 is 0. The molecule has 5 nitrogen and oxygen atoms in total. The van der Waals surface area contributed by atoms with Gasteiger partial charge in [0.1, 0.15) is 5.60 Å². The maximum absolute atomic E-state index is 12.0. The van der Waals surface area contributed by atoms with E-state index >= 15 is 0 Å². The lowest BCUT2D eigenvalue weighted by Crippen LogP contribution is -2.44. The maximum atomic E-state index is 12.0. The SMILES string of the molecule is COC1CCC(NC2CCN(C(=O)OC(C)(C)C)C2)CC1. The van der Waals surface area contributed by atoms with E-state index in [-0.39, 0.29) is 6.09 Å². The number of ether oxygens (including phenoxy) is 2. The molecule has 0 aromatic rings. The average Bonchev–Trinajstić information content (AvgIpc) is 2.86. The van der Waals surface area contributed by atoms with E-state index < -0.39 is 5.60 Å². The molecule has 0 bridgehead atoms. The van der Waals surface area contributed by atoms with E-state index in [1.165, 1.54) is 12.8 Å². The van der Waals surface area contributed by atoms with Gasteiger partial charge in [-0.1, -0.05) is 0 Å². The van der Waals surface area contributed by atoms with E-state index in [4.69, 9.17) is 9.47 Å². The van der Waals surface area contributed by atoms with Crippen molar-refractivity contribution in [1.29, 1.82) is 0 Å². The molecule has 1 aliphatic heterocycles. The molecule has 1 N–H and O–H groups in total. The topological polar surface area (TPSA) is 50.8 Å². The highest BCUT2D eigenvalue weighted by molar-refractivity contribution is 5.68. The van der Waals surface area contributed by atoms with Crippen LogP contribution in [0.25, 0.3) is 0 Å². The number of methoxy groups -OCH3 is 1. The van der Waals surface area contributed by atoms with Gasteiger partial charge in [0.05, 0.1) is 6.10 Å². The summed E-state index contributed by atoms with van der Waals surface area (Å²) in [6, 6.07) is 0.974. The van der Waals surface area contributed by atoms with Crippen molar-refractivity contribution in [1.82, 2.24) is 10.2 Å². The Hall–Kier alpha value is -0.810. The number of hydrogen-bond acceptors (Lipinski definition) is 4. The van der Waals surface area contributed by atoms with Crippen LogP contribution in [0.5, 0.6) is 0 Å². The van der Waals surface area contributed by atoms with Crippen LogP contribution >= 0.6 is 0 Å². The van der Waals surface area contributed by atoms with Crippen LogP contribution in [-0.4, -0.2) is 55.0 Å². The van der Waals surface area contributed by atoms with Crippen LogP contribution < -0.4 is 5.32 Å². The van der Waals surface area contributed by atoms with Crippen molar-refractivity contribution in [3.8, 4) is 0 Å². The number of hydrogen-bond donors (Lipinski definition) is 1. The zero-order valence-electron chi connectivity index (χ0n) is 13.9. The summed E-state index contributed by atoms with van der Waals surface area (Å²) in [5.74, 6) is 0. The second-order valence-corrected chi connectivity index (χ2v) is 7.29. The fourth-order valence-electron chi connectivity index (χ4n) is 3.19.